The van der Waals surface area contributed by atoms with Crippen molar-refractivity contribution >= 4 is 28.9 Å². The molecule has 1 aliphatic heterocycles. The molecule has 110 valence electrons. The molecule has 1 N–H and O–H groups in total. The van der Waals surface area contributed by atoms with Crippen molar-refractivity contribution in [2.45, 2.75) is 6.61 Å². The molecular formula is C14H15ClN4OS. The molecule has 7 heteroatoms. The number of benzene rings is 1. The number of hydrogen-bond donors (Lipinski definition) is 1. The van der Waals surface area contributed by atoms with E-state index in [1.807, 2.05) is 37.5 Å². The standard InChI is InChI=1S/C14H15ClN4OS/c1-19-7-11(6-16-9-19)13-14(18-21-17-13)20-8-10-2-4-12(15)5-3-10/h2-6,16H,7-9H2,1H3. The number of nitrogens with zero attached hydrogens (tertiary/aromatic N) is 3. The quantitative estimate of drug-likeness (QED) is 0.937. The molecule has 0 atom stereocenters. The van der Waals surface area contributed by atoms with Gasteiger partial charge in [-0.3, -0.25) is 4.90 Å². The smallest absolute Gasteiger partial charge is 0.254 e. The van der Waals surface area contributed by atoms with Crippen molar-refractivity contribution in [3.05, 3.63) is 46.7 Å². The number of nitrogens with one attached hydrogen (secondary N) is 1. The Labute approximate surface area is 132 Å². The molecule has 2 heterocycles. The van der Waals surface area contributed by atoms with Crippen molar-refractivity contribution in [1.29, 1.82) is 0 Å². The van der Waals surface area contributed by atoms with Crippen LogP contribution in [0.25, 0.3) is 5.57 Å². The summed E-state index contributed by atoms with van der Waals surface area (Å²) in [4.78, 5) is 2.16. The lowest BCUT2D eigenvalue weighted by Crippen LogP contribution is -2.34. The van der Waals surface area contributed by atoms with E-state index in [4.69, 9.17) is 16.3 Å². The highest BCUT2D eigenvalue weighted by Gasteiger charge is 2.18. The van der Waals surface area contributed by atoms with Crippen molar-refractivity contribution in [2.75, 3.05) is 20.3 Å². The minimum atomic E-state index is 0.451. The zero-order valence-electron chi connectivity index (χ0n) is 11.5. The fourth-order valence-electron chi connectivity index (χ4n) is 2.06. The van der Waals surface area contributed by atoms with E-state index in [1.165, 1.54) is 11.7 Å². The van der Waals surface area contributed by atoms with Crippen LogP contribution in [0.5, 0.6) is 5.88 Å². The number of hydrogen-bond acceptors (Lipinski definition) is 6. The molecule has 0 aliphatic carbocycles. The Hall–Kier alpha value is -1.63. The molecule has 0 spiro atoms. The number of rotatable bonds is 4. The van der Waals surface area contributed by atoms with E-state index in [1.54, 1.807) is 0 Å². The number of aromatic nitrogens is 2. The van der Waals surface area contributed by atoms with Gasteiger partial charge in [0.1, 0.15) is 12.3 Å². The molecule has 5 nitrogen and oxygen atoms in total. The summed E-state index contributed by atoms with van der Waals surface area (Å²) in [5, 5.41) is 3.93. The summed E-state index contributed by atoms with van der Waals surface area (Å²) in [5.74, 6) is 0.582. The van der Waals surface area contributed by atoms with Gasteiger partial charge in [-0.05, 0) is 24.7 Å². The summed E-state index contributed by atoms with van der Waals surface area (Å²) in [7, 11) is 2.05. The Kier molecular flexibility index (Phi) is 4.38. The maximum absolute atomic E-state index is 5.87. The summed E-state index contributed by atoms with van der Waals surface area (Å²) in [6.45, 7) is 2.11. The van der Waals surface area contributed by atoms with E-state index in [0.29, 0.717) is 12.5 Å². The fraction of sp³-hybridized carbons (Fsp3) is 0.286. The molecule has 0 amide bonds. The van der Waals surface area contributed by atoms with Crippen LogP contribution in [0.3, 0.4) is 0 Å². The Balaban J connectivity index is 1.71. The molecule has 1 aromatic carbocycles. The van der Waals surface area contributed by atoms with Crippen LogP contribution in [0.15, 0.2) is 30.5 Å². The van der Waals surface area contributed by atoms with E-state index in [-0.39, 0.29) is 0 Å². The molecule has 0 saturated heterocycles. The van der Waals surface area contributed by atoms with Gasteiger partial charge in [0.15, 0.2) is 0 Å². The molecule has 1 aliphatic rings. The van der Waals surface area contributed by atoms with Gasteiger partial charge in [-0.25, -0.2) is 0 Å². The SMILES string of the molecule is CN1CNC=C(c2nsnc2OCc2ccc(Cl)cc2)C1. The van der Waals surface area contributed by atoms with Gasteiger partial charge in [0.2, 0.25) is 0 Å². The molecule has 0 saturated carbocycles. The molecule has 0 radical (unpaired) electrons. The Morgan fingerprint density at radius 3 is 2.90 bits per heavy atom. The Morgan fingerprint density at radius 1 is 1.33 bits per heavy atom. The first kappa shape index (κ1) is 14.3. The maximum atomic E-state index is 5.87. The van der Waals surface area contributed by atoms with Gasteiger partial charge < -0.3 is 10.1 Å². The molecule has 0 fully saturated rings. The van der Waals surface area contributed by atoms with E-state index < -0.39 is 0 Å². The largest absolute Gasteiger partial charge is 0.471 e. The highest BCUT2D eigenvalue weighted by molar-refractivity contribution is 6.99. The van der Waals surface area contributed by atoms with Crippen LogP contribution < -0.4 is 10.1 Å². The molecular weight excluding hydrogens is 308 g/mol. The third kappa shape index (κ3) is 3.53. The van der Waals surface area contributed by atoms with E-state index in [9.17, 15) is 0 Å². The zero-order chi connectivity index (χ0) is 14.7. The van der Waals surface area contributed by atoms with Gasteiger partial charge >= 0.3 is 0 Å². The van der Waals surface area contributed by atoms with Crippen molar-refractivity contribution in [3.8, 4) is 5.88 Å². The fourth-order valence-corrected chi connectivity index (χ4v) is 2.72. The molecule has 2 aromatic rings. The maximum Gasteiger partial charge on any atom is 0.254 e. The Morgan fingerprint density at radius 2 is 2.14 bits per heavy atom. The first-order valence-electron chi connectivity index (χ1n) is 6.53. The van der Waals surface area contributed by atoms with Crippen molar-refractivity contribution < 1.29 is 4.74 Å². The summed E-state index contributed by atoms with van der Waals surface area (Å²) in [6.07, 6.45) is 1.98. The first-order valence-corrected chi connectivity index (χ1v) is 7.64. The van der Waals surface area contributed by atoms with Gasteiger partial charge in [-0.15, -0.1) is 4.37 Å². The lowest BCUT2D eigenvalue weighted by Gasteiger charge is -2.23. The second kappa shape index (κ2) is 6.43. The minimum absolute atomic E-state index is 0.451. The third-order valence-electron chi connectivity index (χ3n) is 3.13. The predicted molar refractivity (Wildman–Crippen MR) is 84.3 cm³/mol. The highest BCUT2D eigenvalue weighted by atomic mass is 35.5. The lowest BCUT2D eigenvalue weighted by atomic mass is 10.2. The summed E-state index contributed by atoms with van der Waals surface area (Å²) in [5.41, 5.74) is 2.95. The van der Waals surface area contributed by atoms with Crippen LogP contribution in [0.4, 0.5) is 0 Å². The van der Waals surface area contributed by atoms with Gasteiger partial charge in [-0.2, -0.15) is 4.37 Å². The van der Waals surface area contributed by atoms with Crippen LogP contribution >= 0.6 is 23.3 Å². The van der Waals surface area contributed by atoms with Crippen LogP contribution in [0.2, 0.25) is 5.02 Å². The summed E-state index contributed by atoms with van der Waals surface area (Å²) >= 11 is 7.04. The third-order valence-corrected chi connectivity index (χ3v) is 3.89. The average Bonchev–Trinajstić information content (AvgIpc) is 2.95. The molecule has 1 aromatic heterocycles. The van der Waals surface area contributed by atoms with Crippen molar-refractivity contribution in [3.63, 3.8) is 0 Å². The predicted octanol–water partition coefficient (Wildman–Crippen LogP) is 2.60. The van der Waals surface area contributed by atoms with E-state index in [2.05, 4.69) is 19.0 Å². The van der Waals surface area contributed by atoms with E-state index >= 15 is 0 Å². The highest BCUT2D eigenvalue weighted by Crippen LogP contribution is 2.26. The lowest BCUT2D eigenvalue weighted by molar-refractivity contribution is 0.294. The van der Waals surface area contributed by atoms with E-state index in [0.717, 1.165) is 35.1 Å². The average molecular weight is 323 g/mol. The number of halogens is 1. The van der Waals surface area contributed by atoms with Gasteiger partial charge in [0.25, 0.3) is 5.88 Å². The monoisotopic (exact) mass is 322 g/mol. The van der Waals surface area contributed by atoms with Crippen LogP contribution in [-0.4, -0.2) is 33.9 Å². The zero-order valence-corrected chi connectivity index (χ0v) is 13.1. The number of likely N-dealkylation sites (N-methyl/N-ethyl adjacent to an activating group) is 1. The van der Waals surface area contributed by atoms with Gasteiger partial charge in [0, 0.05) is 23.3 Å². The van der Waals surface area contributed by atoms with Gasteiger partial charge in [-0.1, -0.05) is 23.7 Å². The van der Waals surface area contributed by atoms with Crippen molar-refractivity contribution in [1.82, 2.24) is 19.0 Å². The Bertz CT molecular complexity index is 641. The summed E-state index contributed by atoms with van der Waals surface area (Å²) < 4.78 is 14.4. The molecule has 0 bridgehead atoms. The number of ether oxygens (including phenoxy) is 1. The molecule has 0 unspecified atom stereocenters. The van der Waals surface area contributed by atoms with Crippen molar-refractivity contribution in [2.24, 2.45) is 0 Å². The topological polar surface area (TPSA) is 50.3 Å². The summed E-state index contributed by atoms with van der Waals surface area (Å²) in [6, 6.07) is 7.58. The van der Waals surface area contributed by atoms with Crippen LogP contribution in [-0.2, 0) is 6.61 Å². The first-order chi connectivity index (χ1) is 10.2. The normalized spacial score (nSPS) is 15.4. The van der Waals surface area contributed by atoms with Crippen LogP contribution in [0.1, 0.15) is 11.3 Å². The second-order valence-electron chi connectivity index (χ2n) is 4.88. The second-order valence-corrected chi connectivity index (χ2v) is 5.84. The molecule has 21 heavy (non-hydrogen) atoms. The minimum Gasteiger partial charge on any atom is -0.471 e. The molecule has 3 rings (SSSR count). The van der Waals surface area contributed by atoms with Gasteiger partial charge in [0.05, 0.1) is 18.4 Å². The van der Waals surface area contributed by atoms with Crippen LogP contribution in [0, 0.1) is 0 Å².